The van der Waals surface area contributed by atoms with E-state index in [0.29, 0.717) is 22.6 Å². The molecule has 0 bridgehead atoms. The fourth-order valence-electron chi connectivity index (χ4n) is 1.70. The van der Waals surface area contributed by atoms with Gasteiger partial charge in [0.25, 0.3) is 5.91 Å². The Bertz CT molecular complexity index is 476. The van der Waals surface area contributed by atoms with E-state index in [1.807, 2.05) is 0 Å². The molecule has 104 valence electrons. The lowest BCUT2D eigenvalue weighted by Gasteiger charge is -2.17. The second-order valence-electron chi connectivity index (χ2n) is 3.80. The molecular weight excluding hydrogens is 254 g/mol. The molecule has 1 aromatic rings. The fourth-order valence-corrected chi connectivity index (χ4v) is 1.70. The highest BCUT2D eigenvalue weighted by Gasteiger charge is 2.28. The molecule has 7 heteroatoms. The summed E-state index contributed by atoms with van der Waals surface area (Å²) in [6.07, 6.45) is 0. The predicted molar refractivity (Wildman–Crippen MR) is 63.5 cm³/mol. The third kappa shape index (κ3) is 2.62. The maximum absolute atomic E-state index is 12.3. The van der Waals surface area contributed by atoms with E-state index < -0.39 is 0 Å². The molecule has 1 amide bonds. The van der Waals surface area contributed by atoms with Gasteiger partial charge in [-0.3, -0.25) is 9.63 Å². The molecule has 19 heavy (non-hydrogen) atoms. The van der Waals surface area contributed by atoms with Gasteiger partial charge >= 0.3 is 0 Å². The van der Waals surface area contributed by atoms with Crippen molar-refractivity contribution in [2.24, 2.45) is 0 Å². The van der Waals surface area contributed by atoms with Crippen molar-refractivity contribution in [2.75, 3.05) is 28.1 Å². The van der Waals surface area contributed by atoms with E-state index in [-0.39, 0.29) is 19.3 Å². The molecule has 0 fully saturated rings. The number of carbonyl (C=O) groups is 1. The van der Waals surface area contributed by atoms with Gasteiger partial charge in [-0.25, -0.2) is 5.06 Å². The summed E-state index contributed by atoms with van der Waals surface area (Å²) in [7, 11) is 4.42. The van der Waals surface area contributed by atoms with Gasteiger partial charge in [-0.05, 0) is 12.1 Å². The first-order valence-corrected chi connectivity index (χ1v) is 5.58. The molecule has 0 aliphatic carbocycles. The highest BCUT2D eigenvalue weighted by Crippen LogP contribution is 2.35. The number of carbonyl (C=O) groups excluding carboxylic acids is 1. The summed E-state index contributed by atoms with van der Waals surface area (Å²) in [4.78, 5) is 27.0. The van der Waals surface area contributed by atoms with Crippen molar-refractivity contribution >= 4 is 5.91 Å². The Balaban J connectivity index is 2.41. The molecule has 0 spiro atoms. The first-order chi connectivity index (χ1) is 9.19. The first-order valence-electron chi connectivity index (χ1n) is 5.58. The van der Waals surface area contributed by atoms with Crippen molar-refractivity contribution in [1.82, 2.24) is 5.06 Å². The number of hydroxylamine groups is 2. The molecule has 0 saturated heterocycles. The Kier molecular flexibility index (Phi) is 4.20. The Morgan fingerprint density at radius 3 is 2.89 bits per heavy atom. The molecule has 1 aliphatic rings. The minimum atomic E-state index is -0.348. The number of hydrogen-bond donors (Lipinski definition) is 0. The molecule has 1 aliphatic heterocycles. The third-order valence-electron chi connectivity index (χ3n) is 2.69. The van der Waals surface area contributed by atoms with E-state index in [1.54, 1.807) is 12.1 Å². The van der Waals surface area contributed by atoms with E-state index in [4.69, 9.17) is 24.1 Å². The number of methoxy groups -OCH3 is 1. The number of nitrogens with zero attached hydrogens (tertiary/aromatic N) is 1. The first kappa shape index (κ1) is 13.6. The Hall–Kier alpha value is -1.83. The van der Waals surface area contributed by atoms with Crippen LogP contribution in [0.25, 0.3) is 0 Å². The van der Waals surface area contributed by atoms with Gasteiger partial charge in [0.2, 0.25) is 0 Å². The van der Waals surface area contributed by atoms with E-state index in [0.717, 1.165) is 5.06 Å². The van der Waals surface area contributed by atoms with Crippen LogP contribution in [0.1, 0.15) is 15.9 Å². The Morgan fingerprint density at radius 1 is 1.42 bits per heavy atom. The lowest BCUT2D eigenvalue weighted by molar-refractivity contribution is -0.194. The Labute approximate surface area is 110 Å². The number of benzene rings is 1. The quantitative estimate of drug-likeness (QED) is 0.453. The van der Waals surface area contributed by atoms with Gasteiger partial charge in [-0.15, -0.1) is 0 Å². The zero-order valence-corrected chi connectivity index (χ0v) is 11.0. The van der Waals surface area contributed by atoms with Crippen molar-refractivity contribution in [3.8, 4) is 11.5 Å². The summed E-state index contributed by atoms with van der Waals surface area (Å²) < 4.78 is 10.2. The molecule has 1 heterocycles. The zero-order chi connectivity index (χ0) is 13.8. The molecular formula is C12H15NO6. The van der Waals surface area contributed by atoms with Crippen molar-refractivity contribution in [2.45, 2.75) is 6.61 Å². The summed E-state index contributed by atoms with van der Waals surface area (Å²) in [5.41, 5.74) is 0.971. The monoisotopic (exact) mass is 269 g/mol. The summed E-state index contributed by atoms with van der Waals surface area (Å²) >= 11 is 0. The van der Waals surface area contributed by atoms with Crippen LogP contribution in [0.15, 0.2) is 12.1 Å². The molecule has 0 N–H and O–H groups in total. The van der Waals surface area contributed by atoms with Crippen molar-refractivity contribution in [3.05, 3.63) is 23.3 Å². The molecule has 0 saturated carbocycles. The maximum atomic E-state index is 12.3. The van der Waals surface area contributed by atoms with Gasteiger partial charge in [0.05, 0.1) is 12.7 Å². The van der Waals surface area contributed by atoms with Gasteiger partial charge in [0.15, 0.2) is 12.5 Å². The molecule has 7 nitrogen and oxygen atoms in total. The smallest absolute Gasteiger partial charge is 0.281 e. The predicted octanol–water partition coefficient (Wildman–Crippen LogP) is 1.13. The SMILES string of the molecule is COCOc1ccc2c(c1C(=O)N(C)OC)COO2. The van der Waals surface area contributed by atoms with Gasteiger partial charge in [0.1, 0.15) is 12.4 Å². The topological polar surface area (TPSA) is 66.5 Å². The molecule has 0 unspecified atom stereocenters. The van der Waals surface area contributed by atoms with Crippen LogP contribution in [0.5, 0.6) is 11.5 Å². The minimum Gasteiger partial charge on any atom is -0.467 e. The second-order valence-corrected chi connectivity index (χ2v) is 3.80. The normalized spacial score (nSPS) is 12.8. The largest absolute Gasteiger partial charge is 0.467 e. The summed E-state index contributed by atoms with van der Waals surface area (Å²) in [6, 6.07) is 3.31. The average Bonchev–Trinajstić information content (AvgIpc) is 2.91. The summed E-state index contributed by atoms with van der Waals surface area (Å²) in [5, 5.41) is 1.10. The molecule has 1 aromatic carbocycles. The molecule has 0 aromatic heterocycles. The summed E-state index contributed by atoms with van der Waals surface area (Å²) in [5.74, 6) is 0.542. The highest BCUT2D eigenvalue weighted by molar-refractivity contribution is 5.98. The van der Waals surface area contributed by atoms with Gasteiger partial charge in [-0.1, -0.05) is 0 Å². The number of ether oxygens (including phenoxy) is 2. The van der Waals surface area contributed by atoms with E-state index >= 15 is 0 Å². The van der Waals surface area contributed by atoms with Gasteiger partial charge in [0, 0.05) is 19.7 Å². The molecule has 2 rings (SSSR count). The van der Waals surface area contributed by atoms with E-state index in [2.05, 4.69) is 0 Å². The van der Waals surface area contributed by atoms with Crippen LogP contribution in [0.4, 0.5) is 0 Å². The van der Waals surface area contributed by atoms with Crippen LogP contribution in [-0.4, -0.2) is 39.0 Å². The third-order valence-corrected chi connectivity index (χ3v) is 2.69. The van der Waals surface area contributed by atoms with Crippen molar-refractivity contribution < 1.29 is 28.9 Å². The minimum absolute atomic E-state index is 0.0392. The fraction of sp³-hybridized carbons (Fsp3) is 0.417. The van der Waals surface area contributed by atoms with Crippen LogP contribution < -0.4 is 9.62 Å². The lowest BCUT2D eigenvalue weighted by atomic mass is 10.1. The number of rotatable bonds is 5. The van der Waals surface area contributed by atoms with Gasteiger partial charge in [-0.2, -0.15) is 4.89 Å². The zero-order valence-electron chi connectivity index (χ0n) is 11.0. The van der Waals surface area contributed by atoms with Gasteiger partial charge < -0.3 is 14.4 Å². The van der Waals surface area contributed by atoms with Crippen LogP contribution in [0.2, 0.25) is 0 Å². The van der Waals surface area contributed by atoms with Crippen LogP contribution in [0, 0.1) is 0 Å². The Morgan fingerprint density at radius 2 is 2.21 bits per heavy atom. The maximum Gasteiger partial charge on any atom is 0.281 e. The van der Waals surface area contributed by atoms with Crippen molar-refractivity contribution in [3.63, 3.8) is 0 Å². The molecule has 0 atom stereocenters. The van der Waals surface area contributed by atoms with Crippen LogP contribution >= 0.6 is 0 Å². The highest BCUT2D eigenvalue weighted by atomic mass is 17.2. The molecule has 0 radical (unpaired) electrons. The van der Waals surface area contributed by atoms with Crippen LogP contribution in [-0.2, 0) is 21.1 Å². The van der Waals surface area contributed by atoms with Crippen molar-refractivity contribution in [1.29, 1.82) is 0 Å². The van der Waals surface area contributed by atoms with E-state index in [9.17, 15) is 4.79 Å². The standard InChI is InChI=1S/C12H15NO6/c1-13(16-3)12(14)11-8-6-18-19-9(8)4-5-10(11)17-7-15-2/h4-5H,6-7H2,1-3H3. The second kappa shape index (κ2) is 5.87. The lowest BCUT2D eigenvalue weighted by Crippen LogP contribution is -2.27. The number of fused-ring (bicyclic) bond motifs is 1. The van der Waals surface area contributed by atoms with E-state index in [1.165, 1.54) is 21.3 Å². The van der Waals surface area contributed by atoms with Crippen LogP contribution in [0.3, 0.4) is 0 Å². The number of hydrogen-bond acceptors (Lipinski definition) is 6. The number of amides is 1. The summed E-state index contributed by atoms with van der Waals surface area (Å²) in [6.45, 7) is 0.218. The average molecular weight is 269 g/mol.